The second kappa shape index (κ2) is 7.68. The maximum atomic E-state index is 12.6. The van der Waals surface area contributed by atoms with Gasteiger partial charge in [0.25, 0.3) is 0 Å². The number of nitrogens with zero attached hydrogens (tertiary/aromatic N) is 1. The second-order valence-corrected chi connectivity index (χ2v) is 8.69. The highest BCUT2D eigenvalue weighted by Crippen LogP contribution is 2.40. The number of piperidine rings is 1. The lowest BCUT2D eigenvalue weighted by molar-refractivity contribution is -0.134. The number of fused-ring (bicyclic) bond motifs is 1. The van der Waals surface area contributed by atoms with Gasteiger partial charge in [-0.05, 0) is 29.6 Å². The molecule has 3 heterocycles. The zero-order valence-electron chi connectivity index (χ0n) is 15.3. The molecule has 1 aromatic carbocycles. The third-order valence-corrected chi connectivity index (χ3v) is 6.59. The van der Waals surface area contributed by atoms with Crippen molar-refractivity contribution in [3.05, 3.63) is 51.2 Å². The Hall–Kier alpha value is -2.18. The van der Waals surface area contributed by atoms with Gasteiger partial charge in [-0.15, -0.1) is 11.3 Å². The van der Waals surface area contributed by atoms with Crippen molar-refractivity contribution in [2.45, 2.75) is 37.7 Å². The number of likely N-dealkylation sites (tertiary alicyclic amines) is 1. The quantitative estimate of drug-likeness (QED) is 0.692. The van der Waals surface area contributed by atoms with Gasteiger partial charge in [0.15, 0.2) is 11.6 Å². The average Bonchev–Trinajstić information content (AvgIpc) is 3.22. The normalized spacial score (nSPS) is 17.9. The largest absolute Gasteiger partial charge is 0.486 e. The number of thiophene rings is 1. The van der Waals surface area contributed by atoms with E-state index in [1.165, 1.54) is 11.3 Å². The van der Waals surface area contributed by atoms with Gasteiger partial charge in [0.05, 0.1) is 16.9 Å². The minimum absolute atomic E-state index is 0.00769. The molecule has 7 heteroatoms. The fourth-order valence-electron chi connectivity index (χ4n) is 3.85. The van der Waals surface area contributed by atoms with Crippen molar-refractivity contribution in [3.63, 3.8) is 0 Å². The van der Waals surface area contributed by atoms with Gasteiger partial charge in [0.2, 0.25) is 5.91 Å². The highest BCUT2D eigenvalue weighted by atomic mass is 35.5. The first-order chi connectivity index (χ1) is 13.5. The van der Waals surface area contributed by atoms with Crippen LogP contribution in [0.25, 0.3) is 0 Å². The summed E-state index contributed by atoms with van der Waals surface area (Å²) in [5.41, 5.74) is -0.0229. The molecule has 2 aliphatic heterocycles. The number of amides is 1. The van der Waals surface area contributed by atoms with E-state index >= 15 is 0 Å². The van der Waals surface area contributed by atoms with E-state index in [0.29, 0.717) is 53.6 Å². The van der Waals surface area contributed by atoms with E-state index in [0.717, 1.165) is 0 Å². The standard InChI is InChI=1S/C21H20ClNO4S/c22-14-3-5-18-15(12-14)17(25)13-21(27-18)7-9-23(10-8-21)20(26)6-4-16(24)19-2-1-11-28-19/h1-3,5,11-12H,4,6-10,13H2. The summed E-state index contributed by atoms with van der Waals surface area (Å²) in [6.07, 6.45) is 1.95. The molecule has 2 aromatic rings. The molecule has 1 amide bonds. The average molecular weight is 418 g/mol. The van der Waals surface area contributed by atoms with Crippen LogP contribution in [0.4, 0.5) is 0 Å². The van der Waals surface area contributed by atoms with E-state index in [-0.39, 0.29) is 30.3 Å². The summed E-state index contributed by atoms with van der Waals surface area (Å²) in [6, 6.07) is 8.72. The predicted octanol–water partition coefficient (Wildman–Crippen LogP) is 4.39. The van der Waals surface area contributed by atoms with Gasteiger partial charge in [0.1, 0.15) is 11.4 Å². The van der Waals surface area contributed by atoms with Crippen LogP contribution in [0.3, 0.4) is 0 Å². The summed E-state index contributed by atoms with van der Waals surface area (Å²) in [6.45, 7) is 1.06. The Balaban J connectivity index is 1.34. The van der Waals surface area contributed by atoms with Crippen molar-refractivity contribution < 1.29 is 19.1 Å². The van der Waals surface area contributed by atoms with Crippen molar-refractivity contribution in [2.75, 3.05) is 13.1 Å². The van der Waals surface area contributed by atoms with Gasteiger partial charge in [-0.1, -0.05) is 17.7 Å². The molecule has 0 radical (unpaired) electrons. The van der Waals surface area contributed by atoms with E-state index in [2.05, 4.69) is 0 Å². The van der Waals surface area contributed by atoms with E-state index in [4.69, 9.17) is 16.3 Å². The smallest absolute Gasteiger partial charge is 0.223 e. The molecule has 146 valence electrons. The summed E-state index contributed by atoms with van der Waals surface area (Å²) < 4.78 is 6.19. The van der Waals surface area contributed by atoms with Crippen LogP contribution >= 0.6 is 22.9 Å². The lowest BCUT2D eigenvalue weighted by atomic mass is 9.82. The molecular weight excluding hydrogens is 398 g/mol. The minimum atomic E-state index is -0.554. The van der Waals surface area contributed by atoms with Crippen LogP contribution in [0, 0.1) is 0 Å². The maximum absolute atomic E-state index is 12.6. The van der Waals surface area contributed by atoms with Crippen LogP contribution in [0.15, 0.2) is 35.7 Å². The molecular formula is C21H20ClNO4S. The molecule has 2 aliphatic rings. The SMILES string of the molecule is O=C(CCC(=O)N1CCC2(CC1)CC(=O)c1cc(Cl)ccc1O2)c1cccs1. The zero-order chi connectivity index (χ0) is 19.7. The maximum Gasteiger partial charge on any atom is 0.223 e. The predicted molar refractivity (Wildman–Crippen MR) is 107 cm³/mol. The number of carbonyl (C=O) groups excluding carboxylic acids is 3. The molecule has 0 N–H and O–H groups in total. The molecule has 28 heavy (non-hydrogen) atoms. The lowest BCUT2D eigenvalue weighted by Crippen LogP contribution is -2.52. The summed E-state index contributed by atoms with van der Waals surface area (Å²) >= 11 is 7.38. The molecule has 4 rings (SSSR count). The summed E-state index contributed by atoms with van der Waals surface area (Å²) in [5, 5.41) is 2.38. The summed E-state index contributed by atoms with van der Waals surface area (Å²) in [5.74, 6) is 0.592. The fraction of sp³-hybridized carbons (Fsp3) is 0.381. The third-order valence-electron chi connectivity index (χ3n) is 5.44. The molecule has 1 spiro atoms. The summed E-state index contributed by atoms with van der Waals surface area (Å²) in [7, 11) is 0. The van der Waals surface area contributed by atoms with Crippen LogP contribution in [0.2, 0.25) is 5.02 Å². The van der Waals surface area contributed by atoms with E-state index < -0.39 is 5.60 Å². The number of hydrogen-bond acceptors (Lipinski definition) is 5. The number of hydrogen-bond donors (Lipinski definition) is 0. The highest BCUT2D eigenvalue weighted by Gasteiger charge is 2.43. The van der Waals surface area contributed by atoms with Crippen molar-refractivity contribution in [1.82, 2.24) is 4.90 Å². The first-order valence-corrected chi connectivity index (χ1v) is 10.6. The van der Waals surface area contributed by atoms with Gasteiger partial charge in [-0.25, -0.2) is 0 Å². The molecule has 0 bridgehead atoms. The van der Waals surface area contributed by atoms with Crippen LogP contribution in [0.1, 0.15) is 52.1 Å². The number of ether oxygens (including phenoxy) is 1. The molecule has 1 aromatic heterocycles. The Morgan fingerprint density at radius 1 is 1.18 bits per heavy atom. The Morgan fingerprint density at radius 2 is 1.96 bits per heavy atom. The molecule has 1 fully saturated rings. The Bertz CT molecular complexity index is 916. The van der Waals surface area contributed by atoms with E-state index in [9.17, 15) is 14.4 Å². The van der Waals surface area contributed by atoms with Crippen molar-refractivity contribution in [3.8, 4) is 5.75 Å². The molecule has 0 aliphatic carbocycles. The molecule has 0 atom stereocenters. The first-order valence-electron chi connectivity index (χ1n) is 9.32. The number of halogens is 1. The molecule has 1 saturated heterocycles. The van der Waals surface area contributed by atoms with Crippen molar-refractivity contribution >= 4 is 40.4 Å². The molecule has 0 unspecified atom stereocenters. The van der Waals surface area contributed by atoms with Gasteiger partial charge >= 0.3 is 0 Å². The number of benzene rings is 1. The first kappa shape index (κ1) is 19.2. The monoisotopic (exact) mass is 417 g/mol. The van der Waals surface area contributed by atoms with Gasteiger partial charge in [0, 0.05) is 43.8 Å². The summed E-state index contributed by atoms with van der Waals surface area (Å²) in [4.78, 5) is 39.6. The Labute approximate surface area is 172 Å². The Morgan fingerprint density at radius 3 is 2.68 bits per heavy atom. The van der Waals surface area contributed by atoms with Gasteiger partial charge in [-0.3, -0.25) is 14.4 Å². The molecule has 0 saturated carbocycles. The van der Waals surface area contributed by atoms with Crippen LogP contribution < -0.4 is 4.74 Å². The van der Waals surface area contributed by atoms with Crippen LogP contribution in [-0.4, -0.2) is 41.1 Å². The lowest BCUT2D eigenvalue weighted by Gasteiger charge is -2.44. The van der Waals surface area contributed by atoms with Gasteiger partial charge in [-0.2, -0.15) is 0 Å². The number of rotatable bonds is 4. The van der Waals surface area contributed by atoms with Crippen molar-refractivity contribution in [2.24, 2.45) is 0 Å². The zero-order valence-corrected chi connectivity index (χ0v) is 16.9. The fourth-order valence-corrected chi connectivity index (χ4v) is 4.71. The minimum Gasteiger partial charge on any atom is -0.486 e. The highest BCUT2D eigenvalue weighted by molar-refractivity contribution is 7.12. The van der Waals surface area contributed by atoms with Crippen molar-refractivity contribution in [1.29, 1.82) is 0 Å². The third kappa shape index (κ3) is 3.84. The number of ketones is 2. The van der Waals surface area contributed by atoms with Gasteiger partial charge < -0.3 is 9.64 Å². The van der Waals surface area contributed by atoms with Crippen LogP contribution in [0.5, 0.6) is 5.75 Å². The molecule has 5 nitrogen and oxygen atoms in total. The topological polar surface area (TPSA) is 63.7 Å². The Kier molecular flexibility index (Phi) is 5.25. The van der Waals surface area contributed by atoms with Crippen LogP contribution in [-0.2, 0) is 4.79 Å². The van der Waals surface area contributed by atoms with E-state index in [1.54, 1.807) is 29.2 Å². The number of Topliss-reactive ketones (excluding diaryl/α,β-unsaturated/α-hetero) is 2. The van der Waals surface area contributed by atoms with E-state index in [1.807, 2.05) is 11.4 Å². The number of carbonyl (C=O) groups is 3. The second-order valence-electron chi connectivity index (χ2n) is 7.31.